The smallest absolute Gasteiger partial charge is 0.214 e. The van der Waals surface area contributed by atoms with Gasteiger partial charge in [-0.15, -0.1) is 0 Å². The van der Waals surface area contributed by atoms with Crippen molar-refractivity contribution < 1.29 is 8.78 Å². The molecule has 0 spiro atoms. The van der Waals surface area contributed by atoms with E-state index < -0.39 is 11.9 Å². The first-order chi connectivity index (χ1) is 6.59. The molecule has 2 aromatic rings. The summed E-state index contributed by atoms with van der Waals surface area (Å²) in [4.78, 5) is 7.06. The molecule has 0 saturated carbocycles. The van der Waals surface area contributed by atoms with Crippen LogP contribution in [0.5, 0.6) is 0 Å². The number of rotatable bonds is 0. The Bertz CT molecular complexity index is 462. The third-order valence-corrected chi connectivity index (χ3v) is 2.14. The molecule has 0 aliphatic heterocycles. The van der Waals surface area contributed by atoms with Crippen molar-refractivity contribution in [3.05, 3.63) is 35.2 Å². The molecule has 0 fully saturated rings. The molecule has 0 unspecified atom stereocenters. The molecule has 2 rings (SSSR count). The molecule has 0 radical (unpaired) electrons. The Balaban J connectivity index is 2.94. The fraction of sp³-hybridized carbons (Fsp3) is 0.200. The minimum atomic E-state index is -1.15. The highest BCUT2D eigenvalue weighted by atomic mass is 19.2. The van der Waals surface area contributed by atoms with Gasteiger partial charge in [0.25, 0.3) is 11.9 Å². The van der Waals surface area contributed by atoms with E-state index in [-0.39, 0.29) is 0 Å². The normalized spacial score (nSPS) is 10.9. The van der Waals surface area contributed by atoms with Crippen molar-refractivity contribution in [2.75, 3.05) is 0 Å². The van der Waals surface area contributed by atoms with Crippen LogP contribution in [0.4, 0.5) is 8.78 Å². The Morgan fingerprint density at radius 2 is 1.21 bits per heavy atom. The first kappa shape index (κ1) is 8.99. The fourth-order valence-corrected chi connectivity index (χ4v) is 1.35. The van der Waals surface area contributed by atoms with E-state index in [2.05, 4.69) is 9.97 Å². The van der Waals surface area contributed by atoms with Gasteiger partial charge in [-0.3, -0.25) is 0 Å². The summed E-state index contributed by atoms with van der Waals surface area (Å²) in [6.07, 6.45) is 0. The Morgan fingerprint density at radius 1 is 0.857 bits per heavy atom. The second-order valence-electron chi connectivity index (χ2n) is 3.20. The van der Waals surface area contributed by atoms with Crippen LogP contribution in [0.1, 0.15) is 11.1 Å². The Kier molecular flexibility index (Phi) is 1.91. The van der Waals surface area contributed by atoms with E-state index in [9.17, 15) is 8.78 Å². The number of aryl methyl sites for hydroxylation is 2. The van der Waals surface area contributed by atoms with Gasteiger partial charge in [-0.05, 0) is 25.0 Å². The number of nitrogens with zero attached hydrogens (tertiary/aromatic N) is 2. The molecule has 4 heteroatoms. The summed E-state index contributed by atoms with van der Waals surface area (Å²) in [5.41, 5.74) is 2.42. The van der Waals surface area contributed by atoms with Gasteiger partial charge < -0.3 is 0 Å². The largest absolute Gasteiger partial charge is 0.269 e. The first-order valence-electron chi connectivity index (χ1n) is 4.18. The zero-order valence-corrected chi connectivity index (χ0v) is 7.81. The maximum Gasteiger partial charge on any atom is 0.269 e. The second-order valence-corrected chi connectivity index (χ2v) is 3.20. The van der Waals surface area contributed by atoms with Gasteiger partial charge >= 0.3 is 0 Å². The molecule has 1 aromatic heterocycles. The van der Waals surface area contributed by atoms with Crippen molar-refractivity contribution >= 4 is 11.0 Å². The predicted molar refractivity (Wildman–Crippen MR) is 48.9 cm³/mol. The molecule has 0 saturated heterocycles. The summed E-state index contributed by atoms with van der Waals surface area (Å²) < 4.78 is 25.6. The van der Waals surface area contributed by atoms with Crippen molar-refractivity contribution in [1.82, 2.24) is 9.97 Å². The molecule has 0 bridgehead atoms. The molecular formula is C10H8F2N2. The van der Waals surface area contributed by atoms with Crippen LogP contribution in [0, 0.1) is 25.7 Å². The van der Waals surface area contributed by atoms with Crippen LogP contribution in [0.2, 0.25) is 0 Å². The number of aromatic nitrogens is 2. The highest BCUT2D eigenvalue weighted by Crippen LogP contribution is 2.18. The number of benzene rings is 1. The minimum absolute atomic E-state index is 0.420. The van der Waals surface area contributed by atoms with Crippen LogP contribution in [0.15, 0.2) is 12.1 Å². The highest BCUT2D eigenvalue weighted by Gasteiger charge is 2.10. The average Bonchev–Trinajstić information content (AvgIpc) is 2.15. The lowest BCUT2D eigenvalue weighted by Gasteiger charge is -2.03. The van der Waals surface area contributed by atoms with E-state index in [0.29, 0.717) is 11.0 Å². The van der Waals surface area contributed by atoms with E-state index in [1.54, 1.807) is 13.8 Å². The van der Waals surface area contributed by atoms with Crippen molar-refractivity contribution in [1.29, 1.82) is 0 Å². The molecule has 1 heterocycles. The SMILES string of the molecule is Cc1ccc(C)c2nc(F)c(F)nc12. The molecule has 0 N–H and O–H groups in total. The summed E-state index contributed by atoms with van der Waals surface area (Å²) in [5.74, 6) is -2.29. The second kappa shape index (κ2) is 2.97. The van der Waals surface area contributed by atoms with Gasteiger partial charge in [0.1, 0.15) is 0 Å². The average molecular weight is 194 g/mol. The fourth-order valence-electron chi connectivity index (χ4n) is 1.35. The summed E-state index contributed by atoms with van der Waals surface area (Å²) in [6.45, 7) is 3.57. The van der Waals surface area contributed by atoms with E-state index >= 15 is 0 Å². The third-order valence-electron chi connectivity index (χ3n) is 2.14. The van der Waals surface area contributed by atoms with Gasteiger partial charge in [-0.25, -0.2) is 9.97 Å². The first-order valence-corrected chi connectivity index (χ1v) is 4.18. The van der Waals surface area contributed by atoms with Crippen LogP contribution in [-0.4, -0.2) is 9.97 Å². The monoisotopic (exact) mass is 194 g/mol. The molecule has 14 heavy (non-hydrogen) atoms. The zero-order valence-electron chi connectivity index (χ0n) is 7.81. The molecular weight excluding hydrogens is 186 g/mol. The molecule has 0 atom stereocenters. The molecule has 0 aliphatic carbocycles. The maximum absolute atomic E-state index is 12.8. The Labute approximate surface area is 79.6 Å². The van der Waals surface area contributed by atoms with Crippen LogP contribution >= 0.6 is 0 Å². The van der Waals surface area contributed by atoms with Gasteiger partial charge in [-0.2, -0.15) is 8.78 Å². The van der Waals surface area contributed by atoms with Gasteiger partial charge in [0.05, 0.1) is 11.0 Å². The van der Waals surface area contributed by atoms with E-state index in [4.69, 9.17) is 0 Å². The third kappa shape index (κ3) is 1.23. The molecule has 0 amide bonds. The lowest BCUT2D eigenvalue weighted by molar-refractivity contribution is 0.459. The van der Waals surface area contributed by atoms with Crippen molar-refractivity contribution in [3.8, 4) is 0 Å². The summed E-state index contributed by atoms with van der Waals surface area (Å²) in [6, 6.07) is 3.62. The van der Waals surface area contributed by atoms with Crippen LogP contribution in [-0.2, 0) is 0 Å². The molecule has 1 aromatic carbocycles. The van der Waals surface area contributed by atoms with Crippen molar-refractivity contribution in [3.63, 3.8) is 0 Å². The number of hydrogen-bond donors (Lipinski definition) is 0. The zero-order chi connectivity index (χ0) is 10.3. The van der Waals surface area contributed by atoms with E-state index in [1.807, 2.05) is 12.1 Å². The van der Waals surface area contributed by atoms with Gasteiger partial charge in [0.15, 0.2) is 0 Å². The molecule has 0 aliphatic rings. The summed E-state index contributed by atoms with van der Waals surface area (Å²) in [7, 11) is 0. The Morgan fingerprint density at radius 3 is 1.57 bits per heavy atom. The summed E-state index contributed by atoms with van der Waals surface area (Å²) >= 11 is 0. The standard InChI is InChI=1S/C10H8F2N2/c1-5-3-4-6(2)8-7(5)13-9(11)10(12)14-8/h3-4H,1-2H3. The quantitative estimate of drug-likeness (QED) is 0.644. The number of halogens is 2. The predicted octanol–water partition coefficient (Wildman–Crippen LogP) is 2.52. The lowest BCUT2D eigenvalue weighted by atomic mass is 10.1. The Hall–Kier alpha value is -1.58. The van der Waals surface area contributed by atoms with Gasteiger partial charge in [0.2, 0.25) is 0 Å². The number of fused-ring (bicyclic) bond motifs is 1. The van der Waals surface area contributed by atoms with Crippen molar-refractivity contribution in [2.24, 2.45) is 0 Å². The lowest BCUT2D eigenvalue weighted by Crippen LogP contribution is -1.98. The highest BCUT2D eigenvalue weighted by molar-refractivity contribution is 5.80. The van der Waals surface area contributed by atoms with Crippen LogP contribution < -0.4 is 0 Å². The number of hydrogen-bond acceptors (Lipinski definition) is 2. The van der Waals surface area contributed by atoms with Gasteiger partial charge in [-0.1, -0.05) is 12.1 Å². The van der Waals surface area contributed by atoms with E-state index in [0.717, 1.165) is 11.1 Å². The maximum atomic E-state index is 12.8. The molecule has 72 valence electrons. The van der Waals surface area contributed by atoms with Crippen LogP contribution in [0.25, 0.3) is 11.0 Å². The summed E-state index contributed by atoms with van der Waals surface area (Å²) in [5, 5.41) is 0. The van der Waals surface area contributed by atoms with Crippen molar-refractivity contribution in [2.45, 2.75) is 13.8 Å². The van der Waals surface area contributed by atoms with Gasteiger partial charge in [0, 0.05) is 0 Å². The van der Waals surface area contributed by atoms with Crippen LogP contribution in [0.3, 0.4) is 0 Å². The topological polar surface area (TPSA) is 25.8 Å². The van der Waals surface area contributed by atoms with E-state index in [1.165, 1.54) is 0 Å². The minimum Gasteiger partial charge on any atom is -0.214 e. The molecule has 2 nitrogen and oxygen atoms in total.